The smallest absolute Gasteiger partial charge is 0.0325 e. The zero-order valence-electron chi connectivity index (χ0n) is 9.71. The number of nitrogens with zero attached hydrogens (tertiary/aromatic N) is 1. The van der Waals surface area contributed by atoms with E-state index in [1.54, 1.807) is 0 Å². The van der Waals surface area contributed by atoms with Gasteiger partial charge in [0.2, 0.25) is 0 Å². The van der Waals surface area contributed by atoms with Crippen molar-refractivity contribution < 1.29 is 0 Å². The minimum atomic E-state index is 0.846. The molecule has 16 heavy (non-hydrogen) atoms. The van der Waals surface area contributed by atoms with Gasteiger partial charge < -0.3 is 10.2 Å². The molecule has 0 bridgehead atoms. The van der Waals surface area contributed by atoms with E-state index in [-0.39, 0.29) is 0 Å². The Morgan fingerprint density at radius 2 is 2.38 bits per heavy atom. The van der Waals surface area contributed by atoms with E-state index in [4.69, 9.17) is 0 Å². The predicted molar refractivity (Wildman–Crippen MR) is 74.0 cm³/mol. The Morgan fingerprint density at radius 3 is 3.00 bits per heavy atom. The first-order valence-electron chi connectivity index (χ1n) is 5.89. The molecule has 1 saturated carbocycles. The van der Waals surface area contributed by atoms with Gasteiger partial charge >= 0.3 is 0 Å². The lowest BCUT2D eigenvalue weighted by Gasteiger charge is -2.15. The van der Waals surface area contributed by atoms with Crippen LogP contribution in [0.3, 0.4) is 0 Å². The number of hydrogen-bond acceptors (Lipinski definition) is 3. The fourth-order valence-corrected chi connectivity index (χ4v) is 3.25. The largest absolute Gasteiger partial charge is 0.314 e. The van der Waals surface area contributed by atoms with Gasteiger partial charge in [-0.25, -0.2) is 0 Å². The number of halogens is 1. The molecular weight excluding hydrogens is 284 g/mol. The maximum Gasteiger partial charge on any atom is 0.0325 e. The second kappa shape index (κ2) is 6.15. The molecule has 1 N–H and O–H groups in total. The molecule has 0 amide bonds. The van der Waals surface area contributed by atoms with E-state index in [0.29, 0.717) is 0 Å². The molecule has 2 nitrogen and oxygen atoms in total. The average Bonchev–Trinajstić information content (AvgIpc) is 2.98. The maximum absolute atomic E-state index is 3.55. The summed E-state index contributed by atoms with van der Waals surface area (Å²) < 4.78 is 1.20. The lowest BCUT2D eigenvalue weighted by atomic mass is 10.3. The molecule has 4 heteroatoms. The normalized spacial score (nSPS) is 15.9. The van der Waals surface area contributed by atoms with E-state index in [0.717, 1.165) is 12.6 Å². The minimum absolute atomic E-state index is 0.846. The highest BCUT2D eigenvalue weighted by atomic mass is 79.9. The van der Waals surface area contributed by atoms with Gasteiger partial charge in [-0.15, -0.1) is 11.3 Å². The fraction of sp³-hybridized carbons (Fsp3) is 0.667. The molecule has 0 radical (unpaired) electrons. The Labute approximate surface area is 110 Å². The highest BCUT2D eigenvalue weighted by molar-refractivity contribution is 9.10. The summed E-state index contributed by atoms with van der Waals surface area (Å²) in [5.74, 6) is 0. The second-order valence-electron chi connectivity index (χ2n) is 4.55. The van der Waals surface area contributed by atoms with Crippen molar-refractivity contribution >= 4 is 27.3 Å². The molecule has 0 spiro atoms. The molecular formula is C12H19BrN2S. The van der Waals surface area contributed by atoms with Crippen LogP contribution in [-0.4, -0.2) is 31.1 Å². The van der Waals surface area contributed by atoms with Crippen LogP contribution in [0, 0.1) is 0 Å². The van der Waals surface area contributed by atoms with E-state index in [2.05, 4.69) is 44.6 Å². The van der Waals surface area contributed by atoms with Crippen LogP contribution in [0.1, 0.15) is 24.1 Å². The second-order valence-corrected chi connectivity index (χ2v) is 6.46. The standard InChI is InChI=1S/C12H19BrN2S/c1-15(6-2-5-14-11-3-4-11)8-12-7-10(13)9-16-12/h7,9,11,14H,2-6,8H2,1H3. The van der Waals surface area contributed by atoms with Gasteiger partial charge in [-0.2, -0.15) is 0 Å². The van der Waals surface area contributed by atoms with Gasteiger partial charge in [0.05, 0.1) is 0 Å². The number of rotatable bonds is 7. The maximum atomic E-state index is 3.55. The molecule has 0 saturated heterocycles. The molecule has 1 heterocycles. The van der Waals surface area contributed by atoms with E-state index < -0.39 is 0 Å². The van der Waals surface area contributed by atoms with Crippen molar-refractivity contribution in [3.63, 3.8) is 0 Å². The lowest BCUT2D eigenvalue weighted by Crippen LogP contribution is -2.24. The summed E-state index contributed by atoms with van der Waals surface area (Å²) >= 11 is 5.32. The Balaban J connectivity index is 1.57. The summed E-state index contributed by atoms with van der Waals surface area (Å²) in [6.07, 6.45) is 4.03. The van der Waals surface area contributed by atoms with Gasteiger partial charge in [-0.05, 0) is 61.4 Å². The molecule has 0 atom stereocenters. The first-order chi connectivity index (χ1) is 7.74. The molecule has 1 aliphatic rings. The third-order valence-corrected chi connectivity index (χ3v) is 4.46. The summed E-state index contributed by atoms with van der Waals surface area (Å²) in [6, 6.07) is 3.06. The van der Waals surface area contributed by atoms with Gasteiger partial charge in [-0.3, -0.25) is 0 Å². The molecule has 1 fully saturated rings. The molecule has 0 aromatic carbocycles. The van der Waals surface area contributed by atoms with Crippen LogP contribution in [0.5, 0.6) is 0 Å². The van der Waals surface area contributed by atoms with Gasteiger partial charge in [0.25, 0.3) is 0 Å². The number of nitrogens with one attached hydrogen (secondary N) is 1. The Kier molecular flexibility index (Phi) is 4.82. The third kappa shape index (κ3) is 4.53. The lowest BCUT2D eigenvalue weighted by molar-refractivity contribution is 0.322. The molecule has 1 aliphatic carbocycles. The molecule has 1 aromatic heterocycles. The van der Waals surface area contributed by atoms with Crippen molar-refractivity contribution in [3.8, 4) is 0 Å². The molecule has 0 aliphatic heterocycles. The van der Waals surface area contributed by atoms with E-state index in [1.165, 1.54) is 41.7 Å². The van der Waals surface area contributed by atoms with Crippen molar-refractivity contribution in [1.29, 1.82) is 0 Å². The summed E-state index contributed by atoms with van der Waals surface area (Å²) in [4.78, 5) is 3.83. The average molecular weight is 303 g/mol. The van der Waals surface area contributed by atoms with Gasteiger partial charge in [-0.1, -0.05) is 0 Å². The Bertz CT molecular complexity index is 323. The topological polar surface area (TPSA) is 15.3 Å². The molecule has 1 aromatic rings. The van der Waals surface area contributed by atoms with Gasteiger partial charge in [0.1, 0.15) is 0 Å². The van der Waals surface area contributed by atoms with Gasteiger partial charge in [0, 0.05) is 27.3 Å². The predicted octanol–water partition coefficient (Wildman–Crippen LogP) is 3.08. The zero-order chi connectivity index (χ0) is 11.4. The zero-order valence-corrected chi connectivity index (χ0v) is 12.1. The molecule has 2 rings (SSSR count). The van der Waals surface area contributed by atoms with Crippen molar-refractivity contribution in [2.45, 2.75) is 31.8 Å². The quantitative estimate of drug-likeness (QED) is 0.779. The fourth-order valence-electron chi connectivity index (χ4n) is 1.72. The summed E-state index contributed by atoms with van der Waals surface area (Å²) in [6.45, 7) is 3.41. The van der Waals surface area contributed by atoms with Crippen LogP contribution >= 0.6 is 27.3 Å². The van der Waals surface area contributed by atoms with E-state index >= 15 is 0 Å². The highest BCUT2D eigenvalue weighted by Crippen LogP contribution is 2.21. The first-order valence-corrected chi connectivity index (χ1v) is 7.56. The Hall–Kier alpha value is 0.1000. The minimum Gasteiger partial charge on any atom is -0.314 e. The van der Waals surface area contributed by atoms with Crippen LogP contribution in [0.15, 0.2) is 15.9 Å². The number of hydrogen-bond donors (Lipinski definition) is 1. The molecule has 0 unspecified atom stereocenters. The summed E-state index contributed by atoms with van der Waals surface area (Å²) in [5.41, 5.74) is 0. The van der Waals surface area contributed by atoms with Crippen LogP contribution in [0.2, 0.25) is 0 Å². The highest BCUT2D eigenvalue weighted by Gasteiger charge is 2.19. The third-order valence-electron chi connectivity index (χ3n) is 2.77. The van der Waals surface area contributed by atoms with Crippen molar-refractivity contribution in [2.75, 3.05) is 20.1 Å². The Morgan fingerprint density at radius 1 is 1.56 bits per heavy atom. The SMILES string of the molecule is CN(CCCNC1CC1)Cc1cc(Br)cs1. The van der Waals surface area contributed by atoms with Gasteiger partial charge in [0.15, 0.2) is 0 Å². The molecule has 90 valence electrons. The van der Waals surface area contributed by atoms with Crippen molar-refractivity contribution in [3.05, 3.63) is 20.8 Å². The van der Waals surface area contributed by atoms with Crippen molar-refractivity contribution in [1.82, 2.24) is 10.2 Å². The first kappa shape index (κ1) is 12.6. The van der Waals surface area contributed by atoms with Crippen molar-refractivity contribution in [2.24, 2.45) is 0 Å². The monoisotopic (exact) mass is 302 g/mol. The van der Waals surface area contributed by atoms with Crippen LogP contribution in [-0.2, 0) is 6.54 Å². The van der Waals surface area contributed by atoms with Crippen LogP contribution in [0.25, 0.3) is 0 Å². The summed E-state index contributed by atoms with van der Waals surface area (Å²) in [5, 5.41) is 5.70. The van der Waals surface area contributed by atoms with Crippen LogP contribution in [0.4, 0.5) is 0 Å². The number of thiophene rings is 1. The van der Waals surface area contributed by atoms with Crippen LogP contribution < -0.4 is 5.32 Å². The van der Waals surface area contributed by atoms with E-state index in [9.17, 15) is 0 Å². The summed E-state index contributed by atoms with van der Waals surface area (Å²) in [7, 11) is 2.20. The van der Waals surface area contributed by atoms with E-state index in [1.807, 2.05) is 11.3 Å².